The summed E-state index contributed by atoms with van der Waals surface area (Å²) in [5.74, 6) is -0.966. The molecule has 1 aliphatic heterocycles. The molecule has 0 aliphatic carbocycles. The van der Waals surface area contributed by atoms with E-state index < -0.39 is 28.7 Å². The summed E-state index contributed by atoms with van der Waals surface area (Å²) < 4.78 is 41.4. The molecule has 1 aromatic carbocycles. The number of carbonyl (C=O) groups is 3. The van der Waals surface area contributed by atoms with Crippen LogP contribution in [0.25, 0.3) is 6.08 Å². The van der Waals surface area contributed by atoms with Crippen LogP contribution in [0.3, 0.4) is 0 Å². The average Bonchev–Trinajstić information content (AvgIpc) is 2.81. The molecular weight excluding hydrogens is 442 g/mol. The Bertz CT molecular complexity index is 969. The Balaban J connectivity index is 1.89. The highest BCUT2D eigenvalue weighted by Gasteiger charge is 2.25. The van der Waals surface area contributed by atoms with E-state index in [4.69, 9.17) is 14.2 Å². The third kappa shape index (κ3) is 6.69. The number of nitrogens with one attached hydrogen (secondary N) is 1. The van der Waals surface area contributed by atoms with E-state index in [1.54, 1.807) is 13.0 Å². The Morgan fingerprint density at radius 2 is 1.75 bits per heavy atom. The molecule has 0 bridgehead atoms. The molecule has 0 unspecified atom stereocenters. The fraction of sp³-hybridized carbons (Fsp3) is 0.450. The number of benzene rings is 1. The van der Waals surface area contributed by atoms with Gasteiger partial charge in [0.2, 0.25) is 10.0 Å². The van der Waals surface area contributed by atoms with Crippen molar-refractivity contribution in [1.29, 1.82) is 0 Å². The Morgan fingerprint density at radius 1 is 1.09 bits per heavy atom. The van der Waals surface area contributed by atoms with E-state index in [1.807, 2.05) is 0 Å². The maximum Gasteiger partial charge on any atom is 0.409 e. The second-order valence-corrected chi connectivity index (χ2v) is 8.48. The highest BCUT2D eigenvalue weighted by atomic mass is 32.2. The van der Waals surface area contributed by atoms with Crippen molar-refractivity contribution >= 4 is 34.1 Å². The average molecular weight is 470 g/mol. The molecule has 1 heterocycles. The minimum atomic E-state index is -3.76. The van der Waals surface area contributed by atoms with Gasteiger partial charge in [-0.2, -0.15) is 0 Å². The van der Waals surface area contributed by atoms with E-state index in [0.29, 0.717) is 31.7 Å². The smallest absolute Gasteiger partial charge is 0.409 e. The summed E-state index contributed by atoms with van der Waals surface area (Å²) in [7, 11) is -1.12. The summed E-state index contributed by atoms with van der Waals surface area (Å²) in [4.78, 5) is 38.8. The van der Waals surface area contributed by atoms with Crippen LogP contribution < -0.4 is 9.46 Å². The molecule has 1 N–H and O–H groups in total. The van der Waals surface area contributed by atoms with Crippen molar-refractivity contribution < 1.29 is 37.0 Å². The van der Waals surface area contributed by atoms with E-state index in [9.17, 15) is 22.8 Å². The van der Waals surface area contributed by atoms with Gasteiger partial charge in [-0.25, -0.2) is 22.7 Å². The van der Waals surface area contributed by atoms with Crippen LogP contribution in [0.1, 0.15) is 12.5 Å². The summed E-state index contributed by atoms with van der Waals surface area (Å²) in [6, 6.07) is 4.39. The van der Waals surface area contributed by atoms with Gasteiger partial charge in [-0.15, -0.1) is 0 Å². The number of amides is 2. The zero-order valence-electron chi connectivity index (χ0n) is 18.2. The second kappa shape index (κ2) is 11.5. The Kier molecular flexibility index (Phi) is 9.02. The summed E-state index contributed by atoms with van der Waals surface area (Å²) in [6.07, 6.45) is 2.06. The molecule has 0 radical (unpaired) electrons. The molecule has 0 spiro atoms. The largest absolute Gasteiger partial charge is 0.495 e. The normalized spacial score (nSPS) is 14.3. The van der Waals surface area contributed by atoms with Gasteiger partial charge in [0.25, 0.3) is 5.91 Å². The fourth-order valence-corrected chi connectivity index (χ4v) is 3.83. The predicted molar refractivity (Wildman–Crippen MR) is 114 cm³/mol. The van der Waals surface area contributed by atoms with Gasteiger partial charge in [0.05, 0.1) is 13.7 Å². The number of piperazine rings is 1. The van der Waals surface area contributed by atoms with Gasteiger partial charge >= 0.3 is 12.1 Å². The molecule has 2 amide bonds. The lowest BCUT2D eigenvalue weighted by Gasteiger charge is -2.33. The minimum absolute atomic E-state index is 0.0739. The lowest BCUT2D eigenvalue weighted by atomic mass is 10.2. The molecule has 1 aliphatic rings. The first-order valence-electron chi connectivity index (χ1n) is 9.87. The topological polar surface area (TPSA) is 132 Å². The van der Waals surface area contributed by atoms with Gasteiger partial charge in [0, 0.05) is 32.3 Å². The Morgan fingerprint density at radius 3 is 2.34 bits per heavy atom. The Hall–Kier alpha value is -3.12. The molecule has 1 saturated heterocycles. The molecule has 32 heavy (non-hydrogen) atoms. The standard InChI is InChI=1S/C20H27N3O8S/c1-4-30-20(26)23-11-9-22(10-12-23)18(24)14-31-19(25)8-6-15-5-7-16(29-3)17(13-15)32(27,28)21-2/h5-8,13,21H,4,9-12,14H2,1-3H3/b8-6+. The van der Waals surface area contributed by atoms with Crippen LogP contribution in [0.15, 0.2) is 29.2 Å². The van der Waals surface area contributed by atoms with Crippen molar-refractivity contribution in [3.63, 3.8) is 0 Å². The monoisotopic (exact) mass is 469 g/mol. The number of hydrogen-bond acceptors (Lipinski definition) is 8. The van der Waals surface area contributed by atoms with Crippen molar-refractivity contribution in [3.05, 3.63) is 29.8 Å². The molecule has 2 rings (SSSR count). The number of methoxy groups -OCH3 is 1. The molecule has 0 atom stereocenters. The number of nitrogens with zero attached hydrogens (tertiary/aromatic N) is 2. The molecule has 1 fully saturated rings. The first kappa shape index (κ1) is 25.1. The maximum absolute atomic E-state index is 12.2. The zero-order chi connectivity index (χ0) is 23.7. The highest BCUT2D eigenvalue weighted by molar-refractivity contribution is 7.89. The summed E-state index contributed by atoms with van der Waals surface area (Å²) >= 11 is 0. The molecule has 176 valence electrons. The van der Waals surface area contributed by atoms with Crippen LogP contribution in [0.5, 0.6) is 5.75 Å². The van der Waals surface area contributed by atoms with Crippen molar-refractivity contribution in [2.45, 2.75) is 11.8 Å². The summed E-state index contributed by atoms with van der Waals surface area (Å²) in [6.45, 7) is 2.88. The van der Waals surface area contributed by atoms with Crippen molar-refractivity contribution in [2.24, 2.45) is 0 Å². The van der Waals surface area contributed by atoms with E-state index >= 15 is 0 Å². The van der Waals surface area contributed by atoms with Crippen LogP contribution in [-0.2, 0) is 29.1 Å². The van der Waals surface area contributed by atoms with E-state index in [0.717, 1.165) is 6.08 Å². The molecule has 0 saturated carbocycles. The number of carbonyl (C=O) groups excluding carboxylic acids is 3. The SMILES string of the molecule is CCOC(=O)N1CCN(C(=O)COC(=O)/C=C/c2ccc(OC)c(S(=O)(=O)NC)c2)CC1. The van der Waals surface area contributed by atoms with Crippen molar-refractivity contribution in [3.8, 4) is 5.75 Å². The van der Waals surface area contributed by atoms with E-state index in [2.05, 4.69) is 4.72 Å². The van der Waals surface area contributed by atoms with Gasteiger partial charge in [0.1, 0.15) is 10.6 Å². The third-order valence-corrected chi connectivity index (χ3v) is 6.09. The molecular formula is C20H27N3O8S. The van der Waals surface area contributed by atoms with Crippen molar-refractivity contribution in [2.75, 3.05) is 53.6 Å². The fourth-order valence-electron chi connectivity index (χ4n) is 2.91. The van der Waals surface area contributed by atoms with Gasteiger partial charge in [-0.05, 0) is 37.7 Å². The predicted octanol–water partition coefficient (Wildman–Crippen LogP) is 0.460. The minimum Gasteiger partial charge on any atom is -0.495 e. The quantitative estimate of drug-likeness (QED) is 0.429. The second-order valence-electron chi connectivity index (χ2n) is 6.63. The maximum atomic E-state index is 12.2. The van der Waals surface area contributed by atoms with Gasteiger partial charge < -0.3 is 24.0 Å². The van der Waals surface area contributed by atoms with Crippen LogP contribution in [0.2, 0.25) is 0 Å². The molecule has 11 nitrogen and oxygen atoms in total. The van der Waals surface area contributed by atoms with E-state index in [-0.39, 0.29) is 23.2 Å². The van der Waals surface area contributed by atoms with Crippen LogP contribution in [0.4, 0.5) is 4.79 Å². The first-order chi connectivity index (χ1) is 15.2. The lowest BCUT2D eigenvalue weighted by molar-refractivity contribution is -0.148. The van der Waals surface area contributed by atoms with Crippen LogP contribution in [0, 0.1) is 0 Å². The molecule has 0 aromatic heterocycles. The lowest BCUT2D eigenvalue weighted by Crippen LogP contribution is -2.51. The van der Waals surface area contributed by atoms with Gasteiger partial charge in [0.15, 0.2) is 6.61 Å². The Labute approximate surface area is 187 Å². The van der Waals surface area contributed by atoms with E-state index in [1.165, 1.54) is 42.2 Å². The zero-order valence-corrected chi connectivity index (χ0v) is 19.0. The summed E-state index contributed by atoms with van der Waals surface area (Å²) in [5, 5.41) is 0. The number of ether oxygens (including phenoxy) is 3. The number of hydrogen-bond donors (Lipinski definition) is 1. The first-order valence-corrected chi connectivity index (χ1v) is 11.4. The van der Waals surface area contributed by atoms with Gasteiger partial charge in [-0.3, -0.25) is 4.79 Å². The van der Waals surface area contributed by atoms with Gasteiger partial charge in [-0.1, -0.05) is 6.07 Å². The number of rotatable bonds is 8. The van der Waals surface area contributed by atoms with Crippen molar-refractivity contribution in [1.82, 2.24) is 14.5 Å². The number of esters is 1. The van der Waals surface area contributed by atoms with Crippen LogP contribution >= 0.6 is 0 Å². The molecule has 12 heteroatoms. The molecule has 1 aromatic rings. The summed E-state index contributed by atoms with van der Waals surface area (Å²) in [5.41, 5.74) is 0.429. The highest BCUT2D eigenvalue weighted by Crippen LogP contribution is 2.25. The van der Waals surface area contributed by atoms with Crippen LogP contribution in [-0.4, -0.2) is 89.7 Å². The third-order valence-electron chi connectivity index (χ3n) is 4.65. The number of sulfonamides is 1.